The van der Waals surface area contributed by atoms with Gasteiger partial charge in [0.15, 0.2) is 22.8 Å². The third kappa shape index (κ3) is 7.97. The van der Waals surface area contributed by atoms with Crippen LogP contribution in [0.5, 0.6) is 5.75 Å². The molecule has 0 radical (unpaired) electrons. The van der Waals surface area contributed by atoms with Crippen LogP contribution in [0.15, 0.2) is 6.07 Å². The smallest absolute Gasteiger partial charge is 0.420 e. The van der Waals surface area contributed by atoms with E-state index in [1.54, 1.807) is 6.92 Å². The summed E-state index contributed by atoms with van der Waals surface area (Å²) < 4.78 is 42.5. The van der Waals surface area contributed by atoms with Crippen LogP contribution in [0.4, 0.5) is 13.2 Å². The fourth-order valence-electron chi connectivity index (χ4n) is 1.47. The van der Waals surface area contributed by atoms with Crippen LogP contribution >= 0.6 is 11.6 Å². The molecular weight excluding hydrogens is 347 g/mol. The summed E-state index contributed by atoms with van der Waals surface area (Å²) in [5, 5.41) is 8.85. The van der Waals surface area contributed by atoms with Crippen molar-refractivity contribution in [2.75, 3.05) is 6.61 Å². The molecule has 140 valence electrons. The zero-order valence-electron chi connectivity index (χ0n) is 14.8. The van der Waals surface area contributed by atoms with Crippen LogP contribution in [-0.2, 0) is 11.2 Å². The molecular formula is C16H25ClF3NO3. The number of alkyl halides is 3. The van der Waals surface area contributed by atoms with Crippen LogP contribution in [0.25, 0.3) is 0 Å². The molecule has 1 aromatic rings. The molecule has 0 amide bonds. The van der Waals surface area contributed by atoms with Crippen LogP contribution in [-0.4, -0.2) is 28.7 Å². The van der Waals surface area contributed by atoms with Crippen LogP contribution in [0, 0.1) is 0 Å². The largest absolute Gasteiger partial charge is 0.482 e. The number of nitrogens with zero attached hydrogens (tertiary/aromatic N) is 1. The standard InChI is InChI=1S/C12H13ClF3NO3.2C2H6/c1-3-7-4-8(10(19)12(14,15)16)17-11(13)9(7)20-5-6(2)18;2*1-2/h4,10,19H,3,5H2,1-2H3;2*1-2H3. The average Bonchev–Trinajstić information content (AvgIpc) is 2.55. The summed E-state index contributed by atoms with van der Waals surface area (Å²) in [6, 6.07) is 1.07. The van der Waals surface area contributed by atoms with Gasteiger partial charge < -0.3 is 9.84 Å². The Hall–Kier alpha value is -1.34. The molecule has 0 aliphatic heterocycles. The lowest BCUT2D eigenvalue weighted by atomic mass is 10.1. The Morgan fingerprint density at radius 2 is 1.83 bits per heavy atom. The Morgan fingerprint density at radius 1 is 1.33 bits per heavy atom. The molecule has 1 heterocycles. The lowest BCUT2D eigenvalue weighted by Gasteiger charge is -2.17. The molecule has 0 fully saturated rings. The summed E-state index contributed by atoms with van der Waals surface area (Å²) in [5.41, 5.74) is -0.265. The van der Waals surface area contributed by atoms with Crippen molar-refractivity contribution in [1.82, 2.24) is 4.98 Å². The van der Waals surface area contributed by atoms with Crippen LogP contribution < -0.4 is 4.74 Å². The number of halogens is 4. The summed E-state index contributed by atoms with van der Waals surface area (Å²) in [4.78, 5) is 14.3. The van der Waals surface area contributed by atoms with E-state index in [9.17, 15) is 18.0 Å². The van der Waals surface area contributed by atoms with E-state index in [-0.39, 0.29) is 23.3 Å². The first-order valence-electron chi connectivity index (χ1n) is 7.73. The molecule has 0 bridgehead atoms. The first kappa shape index (κ1) is 24.9. The maximum atomic E-state index is 12.4. The molecule has 0 saturated carbocycles. The van der Waals surface area contributed by atoms with Gasteiger partial charge in [-0.05, 0) is 25.0 Å². The van der Waals surface area contributed by atoms with Crippen LogP contribution in [0.1, 0.15) is 58.9 Å². The predicted octanol–water partition coefficient (Wildman–Crippen LogP) is 4.91. The van der Waals surface area contributed by atoms with Gasteiger partial charge >= 0.3 is 6.18 Å². The fraction of sp³-hybridized carbons (Fsp3) is 0.625. The van der Waals surface area contributed by atoms with Crippen molar-refractivity contribution in [3.05, 3.63) is 22.5 Å². The van der Waals surface area contributed by atoms with E-state index in [4.69, 9.17) is 21.4 Å². The van der Waals surface area contributed by atoms with Gasteiger partial charge in [-0.2, -0.15) is 13.2 Å². The lowest BCUT2D eigenvalue weighted by molar-refractivity contribution is -0.208. The quantitative estimate of drug-likeness (QED) is 0.747. The minimum atomic E-state index is -4.83. The molecule has 4 nitrogen and oxygen atoms in total. The van der Waals surface area contributed by atoms with Crippen LogP contribution in [0.2, 0.25) is 5.15 Å². The summed E-state index contributed by atoms with van der Waals surface area (Å²) >= 11 is 5.77. The van der Waals surface area contributed by atoms with Gasteiger partial charge in [-0.15, -0.1) is 0 Å². The Bertz CT molecular complexity index is 508. The number of Topliss-reactive ketones (excluding diaryl/α,β-unsaturated/α-hetero) is 1. The molecule has 8 heteroatoms. The summed E-state index contributed by atoms with van der Waals surface area (Å²) in [6.45, 7) is 10.7. The number of ether oxygens (including phenoxy) is 1. The molecule has 0 spiro atoms. The minimum absolute atomic E-state index is 0.0579. The number of carbonyl (C=O) groups excluding carboxylic acids is 1. The van der Waals surface area contributed by atoms with E-state index in [0.29, 0.717) is 12.0 Å². The second kappa shape index (κ2) is 12.1. The maximum Gasteiger partial charge on any atom is 0.420 e. The first-order valence-corrected chi connectivity index (χ1v) is 8.11. The summed E-state index contributed by atoms with van der Waals surface area (Å²) in [7, 11) is 0. The molecule has 0 saturated heterocycles. The van der Waals surface area contributed by atoms with Gasteiger partial charge in [-0.1, -0.05) is 46.2 Å². The average molecular weight is 372 g/mol. The number of rotatable bonds is 5. The van der Waals surface area contributed by atoms with Gasteiger partial charge in [0.2, 0.25) is 0 Å². The Morgan fingerprint density at radius 3 is 2.21 bits per heavy atom. The second-order valence-electron chi connectivity index (χ2n) is 4.11. The van der Waals surface area contributed by atoms with E-state index in [1.165, 1.54) is 6.92 Å². The number of aliphatic hydroxyl groups is 1. The Kier molecular flexibility index (Phi) is 12.5. The number of carbonyl (C=O) groups is 1. The molecule has 24 heavy (non-hydrogen) atoms. The molecule has 1 N–H and O–H groups in total. The molecule has 1 atom stereocenters. The number of ketones is 1. The highest BCUT2D eigenvalue weighted by molar-refractivity contribution is 6.31. The van der Waals surface area contributed by atoms with Crippen molar-refractivity contribution in [2.24, 2.45) is 0 Å². The number of hydrogen-bond acceptors (Lipinski definition) is 4. The molecule has 1 aromatic heterocycles. The third-order valence-electron chi connectivity index (χ3n) is 2.42. The van der Waals surface area contributed by atoms with Crippen molar-refractivity contribution in [1.29, 1.82) is 0 Å². The SMILES string of the molecule is CC.CC.CCc1cc(C(O)C(F)(F)F)nc(Cl)c1OCC(C)=O. The van der Waals surface area contributed by atoms with E-state index >= 15 is 0 Å². The van der Waals surface area contributed by atoms with Crippen molar-refractivity contribution in [3.63, 3.8) is 0 Å². The normalized spacial score (nSPS) is 11.5. The number of pyridine rings is 1. The lowest BCUT2D eigenvalue weighted by Crippen LogP contribution is -2.22. The van der Waals surface area contributed by atoms with E-state index in [2.05, 4.69) is 4.98 Å². The zero-order chi connectivity index (χ0) is 19.5. The van der Waals surface area contributed by atoms with Gasteiger partial charge in [0.25, 0.3) is 0 Å². The Balaban J connectivity index is 0. The summed E-state index contributed by atoms with van der Waals surface area (Å²) in [6.07, 6.45) is -7.23. The highest BCUT2D eigenvalue weighted by Crippen LogP contribution is 2.36. The minimum Gasteiger partial charge on any atom is -0.482 e. The number of aryl methyl sites for hydroxylation is 1. The van der Waals surface area contributed by atoms with Crippen LogP contribution in [0.3, 0.4) is 0 Å². The van der Waals surface area contributed by atoms with Gasteiger partial charge in [-0.25, -0.2) is 4.98 Å². The van der Waals surface area contributed by atoms with E-state index < -0.39 is 18.0 Å². The highest BCUT2D eigenvalue weighted by Gasteiger charge is 2.41. The van der Waals surface area contributed by atoms with E-state index in [1.807, 2.05) is 27.7 Å². The predicted molar refractivity (Wildman–Crippen MR) is 88.5 cm³/mol. The van der Waals surface area contributed by atoms with Gasteiger partial charge in [0.05, 0.1) is 5.69 Å². The molecule has 1 unspecified atom stereocenters. The molecule has 0 aliphatic carbocycles. The molecule has 0 aromatic carbocycles. The summed E-state index contributed by atoms with van der Waals surface area (Å²) in [5.74, 6) is -0.204. The first-order chi connectivity index (χ1) is 11.2. The van der Waals surface area contributed by atoms with Crippen molar-refractivity contribution in [3.8, 4) is 5.75 Å². The second-order valence-corrected chi connectivity index (χ2v) is 4.47. The van der Waals surface area contributed by atoms with E-state index in [0.717, 1.165) is 6.07 Å². The topological polar surface area (TPSA) is 59.4 Å². The monoisotopic (exact) mass is 371 g/mol. The fourth-order valence-corrected chi connectivity index (χ4v) is 1.74. The highest BCUT2D eigenvalue weighted by atomic mass is 35.5. The Labute approximate surface area is 146 Å². The third-order valence-corrected chi connectivity index (χ3v) is 2.68. The number of aliphatic hydroxyl groups excluding tert-OH is 1. The van der Waals surface area contributed by atoms with Crippen molar-refractivity contribution in [2.45, 2.75) is 60.2 Å². The zero-order valence-corrected chi connectivity index (χ0v) is 15.5. The van der Waals surface area contributed by atoms with Gasteiger partial charge in [0, 0.05) is 0 Å². The molecule has 0 aliphatic rings. The molecule has 1 rings (SSSR count). The van der Waals surface area contributed by atoms with Gasteiger partial charge in [-0.3, -0.25) is 4.79 Å². The number of hydrogen-bond donors (Lipinski definition) is 1. The van der Waals surface area contributed by atoms with Gasteiger partial charge in [0.1, 0.15) is 6.61 Å². The van der Waals surface area contributed by atoms with Crippen molar-refractivity contribution >= 4 is 17.4 Å². The van der Waals surface area contributed by atoms with Crippen molar-refractivity contribution < 1.29 is 27.8 Å². The number of aromatic nitrogens is 1. The maximum absolute atomic E-state index is 12.4.